The maximum absolute atomic E-state index is 12.8. The Balaban J connectivity index is 1.45. The summed E-state index contributed by atoms with van der Waals surface area (Å²) >= 11 is 0. The number of aromatic nitrogens is 4. The minimum absolute atomic E-state index is 0.0616. The molecule has 9 heteroatoms. The van der Waals surface area contributed by atoms with Gasteiger partial charge >= 0.3 is 0 Å². The van der Waals surface area contributed by atoms with Crippen LogP contribution in [0.1, 0.15) is 29.0 Å². The second-order valence-corrected chi connectivity index (χ2v) is 7.82. The van der Waals surface area contributed by atoms with Gasteiger partial charge in [-0.05, 0) is 24.5 Å². The predicted molar refractivity (Wildman–Crippen MR) is 116 cm³/mol. The largest absolute Gasteiger partial charge is 0.355 e. The number of anilines is 2. The average Bonchev–Trinajstić information content (AvgIpc) is 3.27. The maximum atomic E-state index is 12.8. The molecule has 0 unspecified atom stereocenters. The number of hydrogen-bond acceptors (Lipinski definition) is 6. The molecule has 0 atom stereocenters. The Kier molecular flexibility index (Phi) is 4.36. The molecule has 4 heterocycles. The molecular weight excluding hydrogens is 394 g/mol. The Hall–Kier alpha value is -3.93. The normalized spacial score (nSPS) is 16.8. The van der Waals surface area contributed by atoms with Crippen LogP contribution in [0, 0.1) is 12.3 Å². The number of carbonyl (C=O) groups is 2. The molecule has 2 aliphatic heterocycles. The molecule has 31 heavy (non-hydrogen) atoms. The first kappa shape index (κ1) is 19.1. The Morgan fingerprint density at radius 2 is 2.06 bits per heavy atom. The van der Waals surface area contributed by atoms with E-state index in [1.165, 1.54) is 6.33 Å². The van der Waals surface area contributed by atoms with Gasteiger partial charge in [0, 0.05) is 25.8 Å². The Morgan fingerprint density at radius 1 is 1.29 bits per heavy atom. The molecule has 2 N–H and O–H groups in total. The van der Waals surface area contributed by atoms with Gasteiger partial charge in [-0.2, -0.15) is 0 Å². The standard InChI is InChI=1S/C22H21N7O2/c1-3-10-23-20(30)19-27-16-17(28(19)2)24-13-25-18(16)29-11-8-22(9-12-29)14-6-4-5-7-15(14)26-21(22)31/h1,4-7,13H,8-12H2,2H3,(H,23,30)(H,26,31). The van der Waals surface area contributed by atoms with Crippen molar-refractivity contribution >= 4 is 34.5 Å². The van der Waals surface area contributed by atoms with Crippen molar-refractivity contribution in [2.24, 2.45) is 7.05 Å². The zero-order valence-corrected chi connectivity index (χ0v) is 17.1. The lowest BCUT2D eigenvalue weighted by Crippen LogP contribution is -2.46. The number of piperidine rings is 1. The summed E-state index contributed by atoms with van der Waals surface area (Å²) in [5, 5.41) is 5.66. The zero-order chi connectivity index (χ0) is 21.6. The number of terminal acetylenes is 1. The van der Waals surface area contributed by atoms with Gasteiger partial charge < -0.3 is 20.1 Å². The molecule has 1 saturated heterocycles. The van der Waals surface area contributed by atoms with Crippen molar-refractivity contribution in [2.45, 2.75) is 18.3 Å². The number of nitrogens with one attached hydrogen (secondary N) is 2. The number of fused-ring (bicyclic) bond motifs is 3. The molecule has 1 fully saturated rings. The molecule has 2 aromatic heterocycles. The molecule has 1 spiro atoms. The minimum Gasteiger partial charge on any atom is -0.355 e. The topological polar surface area (TPSA) is 105 Å². The Bertz CT molecular complexity index is 1250. The number of imidazole rings is 1. The Labute approximate surface area is 178 Å². The predicted octanol–water partition coefficient (Wildman–Crippen LogP) is 1.22. The summed E-state index contributed by atoms with van der Waals surface area (Å²) in [5.41, 5.74) is 2.59. The zero-order valence-electron chi connectivity index (χ0n) is 17.1. The third-order valence-electron chi connectivity index (χ3n) is 6.23. The highest BCUT2D eigenvalue weighted by Crippen LogP contribution is 2.45. The van der Waals surface area contributed by atoms with Crippen molar-refractivity contribution in [1.82, 2.24) is 24.8 Å². The fourth-order valence-corrected chi connectivity index (χ4v) is 4.60. The average molecular weight is 415 g/mol. The van der Waals surface area contributed by atoms with Gasteiger partial charge in [0.2, 0.25) is 11.7 Å². The molecule has 1 aromatic carbocycles. The number of hydrogen-bond donors (Lipinski definition) is 2. The van der Waals surface area contributed by atoms with Gasteiger partial charge in [0.15, 0.2) is 17.0 Å². The first-order valence-corrected chi connectivity index (χ1v) is 10.1. The van der Waals surface area contributed by atoms with Gasteiger partial charge in [-0.3, -0.25) is 9.59 Å². The first-order valence-electron chi connectivity index (χ1n) is 10.1. The van der Waals surface area contributed by atoms with E-state index in [-0.39, 0.29) is 24.2 Å². The molecule has 3 aromatic rings. The fraction of sp³-hybridized carbons (Fsp3) is 0.318. The number of amides is 2. The van der Waals surface area contributed by atoms with E-state index in [1.807, 2.05) is 24.3 Å². The summed E-state index contributed by atoms with van der Waals surface area (Å²) in [6.07, 6.45) is 8.05. The van der Waals surface area contributed by atoms with Crippen LogP contribution < -0.4 is 15.5 Å². The SMILES string of the molecule is C#CCNC(=O)c1nc2c(N3CCC4(CC3)C(=O)Nc3ccccc34)ncnc2n1C. The number of carbonyl (C=O) groups excluding carboxylic acids is 2. The molecule has 0 radical (unpaired) electrons. The molecule has 2 amide bonds. The van der Waals surface area contributed by atoms with Gasteiger partial charge in [0.25, 0.3) is 5.91 Å². The lowest BCUT2D eigenvalue weighted by atomic mass is 9.73. The van der Waals surface area contributed by atoms with Crippen molar-refractivity contribution in [2.75, 3.05) is 29.9 Å². The van der Waals surface area contributed by atoms with Crippen LogP contribution in [0.5, 0.6) is 0 Å². The van der Waals surface area contributed by atoms with Gasteiger partial charge in [-0.1, -0.05) is 24.1 Å². The summed E-state index contributed by atoms with van der Waals surface area (Å²) in [6, 6.07) is 7.89. The van der Waals surface area contributed by atoms with Crippen LogP contribution in [0.25, 0.3) is 11.2 Å². The number of aryl methyl sites for hydroxylation is 1. The number of benzene rings is 1. The van der Waals surface area contributed by atoms with Crippen LogP contribution in [0.2, 0.25) is 0 Å². The van der Waals surface area contributed by atoms with Crippen LogP contribution in [0.3, 0.4) is 0 Å². The highest BCUT2D eigenvalue weighted by Gasteiger charge is 2.48. The van der Waals surface area contributed by atoms with Crippen LogP contribution in [-0.2, 0) is 17.3 Å². The van der Waals surface area contributed by atoms with Crippen LogP contribution in [0.4, 0.5) is 11.5 Å². The fourth-order valence-electron chi connectivity index (χ4n) is 4.60. The second-order valence-electron chi connectivity index (χ2n) is 7.82. The summed E-state index contributed by atoms with van der Waals surface area (Å²) in [7, 11) is 1.74. The van der Waals surface area contributed by atoms with Crippen molar-refractivity contribution in [1.29, 1.82) is 0 Å². The summed E-state index contributed by atoms with van der Waals surface area (Å²) < 4.78 is 1.64. The number of rotatable bonds is 3. The van der Waals surface area contributed by atoms with E-state index >= 15 is 0 Å². The van der Waals surface area contributed by atoms with E-state index in [4.69, 9.17) is 6.42 Å². The lowest BCUT2D eigenvalue weighted by molar-refractivity contribution is -0.121. The van der Waals surface area contributed by atoms with Crippen molar-refractivity contribution in [3.8, 4) is 12.3 Å². The van der Waals surface area contributed by atoms with Gasteiger partial charge in [0.05, 0.1) is 12.0 Å². The van der Waals surface area contributed by atoms with Crippen molar-refractivity contribution in [3.05, 3.63) is 42.0 Å². The molecular formula is C22H21N7O2. The van der Waals surface area contributed by atoms with Crippen molar-refractivity contribution in [3.63, 3.8) is 0 Å². The third-order valence-corrected chi connectivity index (χ3v) is 6.23. The van der Waals surface area contributed by atoms with E-state index in [1.54, 1.807) is 11.6 Å². The van der Waals surface area contributed by atoms with Crippen molar-refractivity contribution < 1.29 is 9.59 Å². The lowest BCUT2D eigenvalue weighted by Gasteiger charge is -2.38. The summed E-state index contributed by atoms with van der Waals surface area (Å²) in [5.74, 6) is 2.97. The molecule has 5 rings (SSSR count). The van der Waals surface area contributed by atoms with Gasteiger partial charge in [-0.25, -0.2) is 15.0 Å². The van der Waals surface area contributed by atoms with E-state index in [0.717, 1.165) is 11.3 Å². The van der Waals surface area contributed by atoms with E-state index in [9.17, 15) is 9.59 Å². The highest BCUT2D eigenvalue weighted by atomic mass is 16.2. The number of nitrogens with zero attached hydrogens (tertiary/aromatic N) is 5. The minimum atomic E-state index is -0.510. The Morgan fingerprint density at radius 3 is 2.84 bits per heavy atom. The van der Waals surface area contributed by atoms with Crippen LogP contribution in [0.15, 0.2) is 30.6 Å². The molecule has 156 valence electrons. The van der Waals surface area contributed by atoms with Crippen LogP contribution >= 0.6 is 0 Å². The smallest absolute Gasteiger partial charge is 0.288 e. The molecule has 0 aliphatic carbocycles. The van der Waals surface area contributed by atoms with E-state index in [0.29, 0.717) is 42.9 Å². The quantitative estimate of drug-likeness (QED) is 0.623. The van der Waals surface area contributed by atoms with E-state index < -0.39 is 5.41 Å². The molecule has 0 saturated carbocycles. The highest BCUT2D eigenvalue weighted by molar-refractivity contribution is 6.06. The summed E-state index contributed by atoms with van der Waals surface area (Å²) in [4.78, 5) is 40.6. The maximum Gasteiger partial charge on any atom is 0.288 e. The van der Waals surface area contributed by atoms with E-state index in [2.05, 4.69) is 36.4 Å². The number of para-hydroxylation sites is 1. The van der Waals surface area contributed by atoms with Gasteiger partial charge in [-0.15, -0.1) is 6.42 Å². The summed E-state index contributed by atoms with van der Waals surface area (Å²) in [6.45, 7) is 1.41. The molecule has 2 aliphatic rings. The first-order chi connectivity index (χ1) is 15.0. The third kappa shape index (κ3) is 2.83. The van der Waals surface area contributed by atoms with Crippen LogP contribution in [-0.4, -0.2) is 51.0 Å². The molecule has 0 bridgehead atoms. The second kappa shape index (κ2) is 7.09. The van der Waals surface area contributed by atoms with Gasteiger partial charge in [0.1, 0.15) is 6.33 Å². The molecule has 9 nitrogen and oxygen atoms in total. The monoisotopic (exact) mass is 415 g/mol.